The van der Waals surface area contributed by atoms with Crippen LogP contribution in [0.25, 0.3) is 0 Å². The molecule has 23 heavy (non-hydrogen) atoms. The number of nitrogens with zero attached hydrogens (tertiary/aromatic N) is 1. The van der Waals surface area contributed by atoms with E-state index in [9.17, 15) is 14.7 Å². The SMILES string of the molecule is CC(C)(C)CC(CC(C)(C)C)O[C@H](CO)n1ccc(=O)[nH]c1=O. The molecule has 0 aliphatic carbocycles. The zero-order valence-corrected chi connectivity index (χ0v) is 15.0. The smallest absolute Gasteiger partial charge is 0.330 e. The van der Waals surface area contributed by atoms with E-state index in [1.54, 1.807) is 0 Å². The molecule has 0 aliphatic heterocycles. The van der Waals surface area contributed by atoms with Crippen LogP contribution in [0.4, 0.5) is 0 Å². The molecule has 0 saturated carbocycles. The highest BCUT2D eigenvalue weighted by atomic mass is 16.5. The Hall–Kier alpha value is -1.40. The van der Waals surface area contributed by atoms with Crippen LogP contribution in [0.2, 0.25) is 0 Å². The lowest BCUT2D eigenvalue weighted by Crippen LogP contribution is -2.37. The first-order valence-electron chi connectivity index (χ1n) is 7.99. The molecular weight excluding hydrogens is 296 g/mol. The maximum absolute atomic E-state index is 11.9. The lowest BCUT2D eigenvalue weighted by Gasteiger charge is -2.33. The Balaban J connectivity index is 3.02. The van der Waals surface area contributed by atoms with Gasteiger partial charge in [-0.2, -0.15) is 0 Å². The van der Waals surface area contributed by atoms with E-state index in [2.05, 4.69) is 46.5 Å². The number of hydrogen-bond acceptors (Lipinski definition) is 4. The molecule has 0 bridgehead atoms. The largest absolute Gasteiger partial charge is 0.392 e. The second kappa shape index (κ2) is 7.45. The van der Waals surface area contributed by atoms with Crippen molar-refractivity contribution < 1.29 is 9.84 Å². The summed E-state index contributed by atoms with van der Waals surface area (Å²) in [5, 5.41) is 9.64. The van der Waals surface area contributed by atoms with Crippen molar-refractivity contribution in [2.24, 2.45) is 10.8 Å². The van der Waals surface area contributed by atoms with E-state index in [0.717, 1.165) is 12.8 Å². The average Bonchev–Trinajstić information content (AvgIpc) is 2.32. The fraction of sp³-hybridized carbons (Fsp3) is 0.765. The number of aliphatic hydroxyl groups is 1. The number of nitrogens with one attached hydrogen (secondary N) is 1. The average molecular weight is 326 g/mol. The van der Waals surface area contributed by atoms with E-state index in [1.165, 1.54) is 16.8 Å². The topological polar surface area (TPSA) is 84.3 Å². The van der Waals surface area contributed by atoms with Crippen LogP contribution in [-0.2, 0) is 4.74 Å². The van der Waals surface area contributed by atoms with Gasteiger partial charge in [-0.1, -0.05) is 41.5 Å². The molecule has 0 spiro atoms. The van der Waals surface area contributed by atoms with Crippen LogP contribution >= 0.6 is 0 Å². The molecule has 0 fully saturated rings. The molecule has 1 aromatic heterocycles. The number of ether oxygens (including phenoxy) is 1. The van der Waals surface area contributed by atoms with Crippen molar-refractivity contribution in [2.75, 3.05) is 6.61 Å². The number of aliphatic hydroxyl groups excluding tert-OH is 1. The van der Waals surface area contributed by atoms with Crippen molar-refractivity contribution in [2.45, 2.75) is 66.7 Å². The summed E-state index contributed by atoms with van der Waals surface area (Å²) < 4.78 is 7.27. The van der Waals surface area contributed by atoms with Crippen LogP contribution in [-0.4, -0.2) is 27.4 Å². The first-order valence-corrected chi connectivity index (χ1v) is 7.99. The van der Waals surface area contributed by atoms with Gasteiger partial charge in [-0.15, -0.1) is 0 Å². The Morgan fingerprint density at radius 2 is 1.65 bits per heavy atom. The highest BCUT2D eigenvalue weighted by Gasteiger charge is 2.27. The number of H-pyrrole nitrogens is 1. The number of aromatic amines is 1. The second-order valence-electron chi connectivity index (χ2n) is 8.44. The lowest BCUT2D eigenvalue weighted by molar-refractivity contribution is -0.105. The minimum atomic E-state index is -0.811. The first kappa shape index (κ1) is 19.6. The van der Waals surface area contributed by atoms with Gasteiger partial charge in [0.15, 0.2) is 6.23 Å². The molecule has 2 N–H and O–H groups in total. The molecular formula is C17H30N2O4. The minimum absolute atomic E-state index is 0.0614. The quantitative estimate of drug-likeness (QED) is 0.840. The van der Waals surface area contributed by atoms with Crippen molar-refractivity contribution >= 4 is 0 Å². The van der Waals surface area contributed by atoms with Crippen LogP contribution in [0.1, 0.15) is 60.6 Å². The summed E-state index contributed by atoms with van der Waals surface area (Å²) in [6.45, 7) is 12.5. The molecule has 0 saturated heterocycles. The third kappa shape index (κ3) is 7.14. The Morgan fingerprint density at radius 3 is 2.04 bits per heavy atom. The fourth-order valence-corrected chi connectivity index (χ4v) is 2.61. The Bertz CT molecular complexity index is 588. The van der Waals surface area contributed by atoms with E-state index < -0.39 is 17.5 Å². The highest BCUT2D eigenvalue weighted by Crippen LogP contribution is 2.32. The molecule has 6 heteroatoms. The number of aromatic nitrogens is 2. The number of rotatable bonds is 6. The van der Waals surface area contributed by atoms with Crippen LogP contribution in [0.15, 0.2) is 21.9 Å². The van der Waals surface area contributed by atoms with E-state index in [-0.39, 0.29) is 23.5 Å². The molecule has 1 atom stereocenters. The van der Waals surface area contributed by atoms with Gasteiger partial charge in [0.1, 0.15) is 0 Å². The molecule has 0 aromatic carbocycles. The Kier molecular flexibility index (Phi) is 6.36. The van der Waals surface area contributed by atoms with E-state index in [0.29, 0.717) is 0 Å². The lowest BCUT2D eigenvalue weighted by atomic mass is 9.82. The summed E-state index contributed by atoms with van der Waals surface area (Å²) in [4.78, 5) is 25.3. The summed E-state index contributed by atoms with van der Waals surface area (Å²) in [5.74, 6) is 0. The van der Waals surface area contributed by atoms with Gasteiger partial charge in [-0.05, 0) is 23.7 Å². The van der Waals surface area contributed by atoms with E-state index >= 15 is 0 Å². The predicted molar refractivity (Wildman–Crippen MR) is 90.5 cm³/mol. The van der Waals surface area contributed by atoms with Crippen molar-refractivity contribution in [3.63, 3.8) is 0 Å². The second-order valence-corrected chi connectivity index (χ2v) is 8.44. The predicted octanol–water partition coefficient (Wildman–Crippen LogP) is 2.29. The van der Waals surface area contributed by atoms with Gasteiger partial charge in [-0.3, -0.25) is 14.3 Å². The summed E-state index contributed by atoms with van der Waals surface area (Å²) in [6, 6.07) is 1.25. The summed E-state index contributed by atoms with van der Waals surface area (Å²) in [7, 11) is 0. The summed E-state index contributed by atoms with van der Waals surface area (Å²) in [5.41, 5.74) is -0.927. The van der Waals surface area contributed by atoms with Gasteiger partial charge in [0.05, 0.1) is 12.7 Å². The van der Waals surface area contributed by atoms with Gasteiger partial charge in [-0.25, -0.2) is 4.79 Å². The van der Waals surface area contributed by atoms with E-state index in [1.807, 2.05) is 0 Å². The molecule has 1 rings (SSSR count). The zero-order chi connectivity index (χ0) is 17.8. The zero-order valence-electron chi connectivity index (χ0n) is 15.0. The maximum Gasteiger partial charge on any atom is 0.330 e. The molecule has 1 heterocycles. The van der Waals surface area contributed by atoms with Crippen LogP contribution < -0.4 is 11.2 Å². The normalized spacial score (nSPS) is 14.3. The maximum atomic E-state index is 11.9. The standard InChI is InChI=1S/C17H30N2O4/c1-16(2,3)9-12(10-17(4,5)6)23-14(11-20)19-8-7-13(21)18-15(19)22/h7-8,12,14,20H,9-11H2,1-6H3,(H,18,21,22)/t14-/m1/s1. The molecule has 132 valence electrons. The van der Waals surface area contributed by atoms with Crippen LogP contribution in [0.3, 0.4) is 0 Å². The first-order chi connectivity index (χ1) is 10.4. The molecule has 0 radical (unpaired) electrons. The third-order valence-corrected chi connectivity index (χ3v) is 3.35. The summed E-state index contributed by atoms with van der Waals surface area (Å²) in [6.07, 6.45) is 2.05. The van der Waals surface area contributed by atoms with Gasteiger partial charge < -0.3 is 9.84 Å². The van der Waals surface area contributed by atoms with Gasteiger partial charge >= 0.3 is 5.69 Å². The monoisotopic (exact) mass is 326 g/mol. The molecule has 0 amide bonds. The van der Waals surface area contributed by atoms with Crippen molar-refractivity contribution in [3.8, 4) is 0 Å². The molecule has 0 unspecified atom stereocenters. The van der Waals surface area contributed by atoms with Gasteiger partial charge in [0.2, 0.25) is 0 Å². The third-order valence-electron chi connectivity index (χ3n) is 3.35. The van der Waals surface area contributed by atoms with Crippen molar-refractivity contribution in [3.05, 3.63) is 33.1 Å². The highest BCUT2D eigenvalue weighted by molar-refractivity contribution is 4.85. The molecule has 1 aromatic rings. The van der Waals surface area contributed by atoms with Crippen molar-refractivity contribution in [1.29, 1.82) is 0 Å². The Morgan fingerprint density at radius 1 is 1.13 bits per heavy atom. The molecule has 6 nitrogen and oxygen atoms in total. The summed E-state index contributed by atoms with van der Waals surface area (Å²) >= 11 is 0. The van der Waals surface area contributed by atoms with Crippen molar-refractivity contribution in [1.82, 2.24) is 9.55 Å². The minimum Gasteiger partial charge on any atom is -0.392 e. The van der Waals surface area contributed by atoms with E-state index in [4.69, 9.17) is 4.74 Å². The van der Waals surface area contributed by atoms with Gasteiger partial charge in [0.25, 0.3) is 5.56 Å². The fourth-order valence-electron chi connectivity index (χ4n) is 2.61. The molecule has 0 aliphatic rings. The Labute approximate surface area is 137 Å². The van der Waals surface area contributed by atoms with Crippen LogP contribution in [0.5, 0.6) is 0 Å². The van der Waals surface area contributed by atoms with Gasteiger partial charge in [0, 0.05) is 12.3 Å². The number of hydrogen-bond donors (Lipinski definition) is 2. The van der Waals surface area contributed by atoms with Crippen LogP contribution in [0, 0.1) is 10.8 Å².